The van der Waals surface area contributed by atoms with Crippen molar-refractivity contribution >= 4 is 17.5 Å². The minimum Gasteiger partial charge on any atom is -0.350 e. The molecule has 0 fully saturated rings. The maximum absolute atomic E-state index is 12.5. The van der Waals surface area contributed by atoms with E-state index in [9.17, 15) is 4.79 Å². The van der Waals surface area contributed by atoms with E-state index in [-0.39, 0.29) is 11.9 Å². The second-order valence-corrected chi connectivity index (χ2v) is 7.03. The van der Waals surface area contributed by atoms with Gasteiger partial charge in [0, 0.05) is 17.8 Å². The van der Waals surface area contributed by atoms with Crippen LogP contribution in [0.1, 0.15) is 27.5 Å². The topological polar surface area (TPSA) is 50.2 Å². The summed E-state index contributed by atoms with van der Waals surface area (Å²) in [5.74, 6) is -0.136. The normalized spacial score (nSPS) is 12.1. The Labute approximate surface area is 164 Å². The van der Waals surface area contributed by atoms with Crippen LogP contribution < -0.4 is 5.32 Å². The lowest BCUT2D eigenvalue weighted by molar-refractivity contribution is 0.0942. The minimum absolute atomic E-state index is 0.105. The van der Waals surface area contributed by atoms with Crippen LogP contribution in [0.4, 0.5) is 0 Å². The van der Waals surface area contributed by atoms with Crippen molar-refractivity contribution in [2.75, 3.05) is 20.6 Å². The molecule has 0 aliphatic rings. The van der Waals surface area contributed by atoms with Crippen LogP contribution in [0.25, 0.3) is 0 Å². The molecule has 0 spiro atoms. The molecule has 2 aromatic carbocycles. The van der Waals surface area contributed by atoms with Crippen molar-refractivity contribution in [1.82, 2.24) is 20.0 Å². The Balaban J connectivity index is 1.63. The third-order valence-corrected chi connectivity index (χ3v) is 4.82. The lowest BCUT2D eigenvalue weighted by atomic mass is 10.1. The number of carbonyl (C=O) groups excluding carboxylic acids is 1. The Morgan fingerprint density at radius 2 is 1.85 bits per heavy atom. The summed E-state index contributed by atoms with van der Waals surface area (Å²) in [5.41, 5.74) is 2.66. The van der Waals surface area contributed by atoms with Crippen molar-refractivity contribution in [2.45, 2.75) is 12.6 Å². The van der Waals surface area contributed by atoms with Crippen molar-refractivity contribution in [1.29, 1.82) is 0 Å². The van der Waals surface area contributed by atoms with E-state index in [1.165, 1.54) is 0 Å². The number of rotatable bonds is 7. The number of amides is 1. The van der Waals surface area contributed by atoms with Crippen LogP contribution in [-0.4, -0.2) is 41.2 Å². The number of hydrogen-bond acceptors (Lipinski definition) is 3. The number of benzene rings is 2. The average molecular weight is 383 g/mol. The van der Waals surface area contributed by atoms with Gasteiger partial charge in [0.2, 0.25) is 0 Å². The van der Waals surface area contributed by atoms with Gasteiger partial charge in [-0.3, -0.25) is 9.48 Å². The summed E-state index contributed by atoms with van der Waals surface area (Å²) in [6.07, 6.45) is 3.32. The van der Waals surface area contributed by atoms with E-state index >= 15 is 0 Å². The van der Waals surface area contributed by atoms with Crippen LogP contribution in [0, 0.1) is 0 Å². The Morgan fingerprint density at radius 1 is 1.15 bits per heavy atom. The molecule has 1 unspecified atom stereocenters. The molecule has 1 atom stereocenters. The smallest absolute Gasteiger partial charge is 0.254 e. The van der Waals surface area contributed by atoms with Gasteiger partial charge in [-0.2, -0.15) is 5.10 Å². The van der Waals surface area contributed by atoms with Gasteiger partial charge in [0.1, 0.15) is 0 Å². The molecule has 3 rings (SSSR count). The van der Waals surface area contributed by atoms with Crippen molar-refractivity contribution < 1.29 is 4.79 Å². The SMILES string of the molecule is CN(C)C(CNC(=O)c1cnn(Cc2ccccc2Cl)c1)c1ccccc1. The molecule has 0 saturated carbocycles. The van der Waals surface area contributed by atoms with Gasteiger partial charge < -0.3 is 10.2 Å². The van der Waals surface area contributed by atoms with E-state index in [1.807, 2.05) is 56.6 Å². The first-order valence-corrected chi connectivity index (χ1v) is 9.18. The molecular formula is C21H23ClN4O. The average Bonchev–Trinajstić information content (AvgIpc) is 3.13. The molecule has 0 aliphatic heterocycles. The zero-order valence-corrected chi connectivity index (χ0v) is 16.2. The maximum atomic E-state index is 12.5. The Kier molecular flexibility index (Phi) is 6.27. The Bertz CT molecular complexity index is 892. The summed E-state index contributed by atoms with van der Waals surface area (Å²) in [7, 11) is 4.01. The molecule has 0 aliphatic carbocycles. The number of hydrogen-bond donors (Lipinski definition) is 1. The van der Waals surface area contributed by atoms with Gasteiger partial charge in [-0.1, -0.05) is 60.1 Å². The molecule has 6 heteroatoms. The second-order valence-electron chi connectivity index (χ2n) is 6.62. The zero-order valence-electron chi connectivity index (χ0n) is 15.5. The summed E-state index contributed by atoms with van der Waals surface area (Å²) in [4.78, 5) is 14.6. The van der Waals surface area contributed by atoms with E-state index in [4.69, 9.17) is 11.6 Å². The van der Waals surface area contributed by atoms with E-state index in [0.717, 1.165) is 11.1 Å². The summed E-state index contributed by atoms with van der Waals surface area (Å²) in [5, 5.41) is 7.98. The molecule has 1 N–H and O–H groups in total. The van der Waals surface area contributed by atoms with Crippen LogP contribution >= 0.6 is 11.6 Å². The molecule has 140 valence electrons. The maximum Gasteiger partial charge on any atom is 0.254 e. The van der Waals surface area contributed by atoms with E-state index in [0.29, 0.717) is 23.7 Å². The van der Waals surface area contributed by atoms with Gasteiger partial charge >= 0.3 is 0 Å². The first kappa shape index (κ1) is 19.1. The van der Waals surface area contributed by atoms with Gasteiger partial charge in [0.05, 0.1) is 24.3 Å². The summed E-state index contributed by atoms with van der Waals surface area (Å²) >= 11 is 6.19. The van der Waals surface area contributed by atoms with Gasteiger partial charge in [0.15, 0.2) is 0 Å². The van der Waals surface area contributed by atoms with Gasteiger partial charge in [-0.05, 0) is 31.3 Å². The fourth-order valence-corrected chi connectivity index (χ4v) is 3.13. The van der Waals surface area contributed by atoms with Gasteiger partial charge in [-0.15, -0.1) is 0 Å². The predicted octanol–water partition coefficient (Wildman–Crippen LogP) is 3.62. The molecule has 0 saturated heterocycles. The van der Waals surface area contributed by atoms with Gasteiger partial charge in [0.25, 0.3) is 5.91 Å². The molecule has 27 heavy (non-hydrogen) atoms. The fourth-order valence-electron chi connectivity index (χ4n) is 2.93. The molecular weight excluding hydrogens is 360 g/mol. The molecule has 1 heterocycles. The number of halogens is 1. The third kappa shape index (κ3) is 4.96. The second kappa shape index (κ2) is 8.84. The summed E-state index contributed by atoms with van der Waals surface area (Å²) in [6.45, 7) is 1.04. The summed E-state index contributed by atoms with van der Waals surface area (Å²) < 4.78 is 1.72. The molecule has 1 aromatic heterocycles. The summed E-state index contributed by atoms with van der Waals surface area (Å²) in [6, 6.07) is 17.9. The van der Waals surface area contributed by atoms with Crippen LogP contribution in [0.2, 0.25) is 5.02 Å². The molecule has 0 radical (unpaired) electrons. The first-order chi connectivity index (χ1) is 13.0. The standard InChI is InChI=1S/C21H23ClN4O/c1-25(2)20(16-8-4-3-5-9-16)13-23-21(27)18-12-24-26(15-18)14-17-10-6-7-11-19(17)22/h3-12,15,20H,13-14H2,1-2H3,(H,23,27). The Morgan fingerprint density at radius 3 is 2.56 bits per heavy atom. The predicted molar refractivity (Wildman–Crippen MR) is 108 cm³/mol. The van der Waals surface area contributed by atoms with Crippen molar-refractivity contribution in [3.8, 4) is 0 Å². The van der Waals surface area contributed by atoms with Gasteiger partial charge in [-0.25, -0.2) is 0 Å². The van der Waals surface area contributed by atoms with Crippen molar-refractivity contribution in [3.63, 3.8) is 0 Å². The Hall–Kier alpha value is -2.63. The van der Waals surface area contributed by atoms with Crippen LogP contribution in [0.5, 0.6) is 0 Å². The van der Waals surface area contributed by atoms with Crippen LogP contribution in [0.15, 0.2) is 67.0 Å². The van der Waals surface area contributed by atoms with Crippen LogP contribution in [0.3, 0.4) is 0 Å². The minimum atomic E-state index is -0.136. The lowest BCUT2D eigenvalue weighted by Gasteiger charge is -2.25. The van der Waals surface area contributed by atoms with Crippen molar-refractivity contribution in [2.24, 2.45) is 0 Å². The number of carbonyl (C=O) groups is 1. The zero-order chi connectivity index (χ0) is 19.2. The highest BCUT2D eigenvalue weighted by molar-refractivity contribution is 6.31. The van der Waals surface area contributed by atoms with E-state index in [1.54, 1.807) is 17.1 Å². The highest BCUT2D eigenvalue weighted by Crippen LogP contribution is 2.18. The number of nitrogens with zero attached hydrogens (tertiary/aromatic N) is 3. The number of likely N-dealkylation sites (N-methyl/N-ethyl adjacent to an activating group) is 1. The highest BCUT2D eigenvalue weighted by atomic mass is 35.5. The first-order valence-electron chi connectivity index (χ1n) is 8.80. The largest absolute Gasteiger partial charge is 0.350 e. The molecule has 3 aromatic rings. The third-order valence-electron chi connectivity index (χ3n) is 4.45. The molecule has 1 amide bonds. The van der Waals surface area contributed by atoms with E-state index in [2.05, 4.69) is 27.4 Å². The quantitative estimate of drug-likeness (QED) is 0.679. The lowest BCUT2D eigenvalue weighted by Crippen LogP contribution is -2.34. The fraction of sp³-hybridized carbons (Fsp3) is 0.238. The molecule has 0 bridgehead atoms. The highest BCUT2D eigenvalue weighted by Gasteiger charge is 2.16. The van der Waals surface area contributed by atoms with E-state index < -0.39 is 0 Å². The van der Waals surface area contributed by atoms with Crippen LogP contribution in [-0.2, 0) is 6.54 Å². The monoisotopic (exact) mass is 382 g/mol. The number of aromatic nitrogens is 2. The van der Waals surface area contributed by atoms with Crippen molar-refractivity contribution in [3.05, 3.63) is 88.7 Å². The number of nitrogens with one attached hydrogen (secondary N) is 1. The molecule has 5 nitrogen and oxygen atoms in total.